The summed E-state index contributed by atoms with van der Waals surface area (Å²) in [5, 5.41) is 19.5. The Balaban J connectivity index is 0.000000850. The Morgan fingerprint density at radius 3 is 0.929 bits per heavy atom. The van der Waals surface area contributed by atoms with Crippen LogP contribution >= 0.6 is 0 Å². The van der Waals surface area contributed by atoms with Gasteiger partial charge >= 0.3 is 11.9 Å². The summed E-state index contributed by atoms with van der Waals surface area (Å²) in [7, 11) is 9.66. The maximum absolute atomic E-state index is 12.0. The summed E-state index contributed by atoms with van der Waals surface area (Å²) < 4.78 is 131. The molecule has 85 heavy (non-hydrogen) atoms. The van der Waals surface area contributed by atoms with Crippen LogP contribution in [0.3, 0.4) is 0 Å². The summed E-state index contributed by atoms with van der Waals surface area (Å²) in [5.41, 5.74) is -0.999. The van der Waals surface area contributed by atoms with Gasteiger partial charge in [-0.15, -0.1) is 0 Å². The van der Waals surface area contributed by atoms with Crippen molar-refractivity contribution < 1.29 is 133 Å². The van der Waals surface area contributed by atoms with Crippen LogP contribution in [0.25, 0.3) is 0 Å². The molecule has 1 atom stereocenters. The minimum Gasteiger partial charge on any atom is -0.489 e. The molecule has 0 spiro atoms. The van der Waals surface area contributed by atoms with Gasteiger partial charge in [0.05, 0.1) is 210 Å². The van der Waals surface area contributed by atoms with Gasteiger partial charge in [-0.05, 0) is 25.1 Å². The van der Waals surface area contributed by atoms with E-state index in [9.17, 15) is 19.8 Å². The molecule has 1 aliphatic rings. The smallest absolute Gasteiger partial charge is 0.335 e. The fourth-order valence-electron chi connectivity index (χ4n) is 6.77. The largest absolute Gasteiger partial charge is 0.489 e. The van der Waals surface area contributed by atoms with E-state index in [0.29, 0.717) is 164 Å². The molecule has 28 nitrogen and oxygen atoms in total. The summed E-state index contributed by atoms with van der Waals surface area (Å²) in [6, 6.07) is 2.77. The highest BCUT2D eigenvalue weighted by Crippen LogP contribution is 2.40. The number of carboxylic acid groups (broad SMARTS) is 2. The number of allylic oxidation sites excluding steroid dienone is 1. The lowest BCUT2D eigenvalue weighted by molar-refractivity contribution is -0.134. The molecule has 0 heterocycles. The molecule has 0 bridgehead atoms. The second kappa shape index (κ2) is 57.6. The summed E-state index contributed by atoms with van der Waals surface area (Å²) in [6.45, 7) is 15.3. The first-order chi connectivity index (χ1) is 41.6. The SMILES string of the molecule is COCCOCCOCCOC1=C(OCCOCCOCCOC)C(C)(OCCOCCOCCOC)CC(C(=O)O)=C1.COCCOCCOCCOc1cc(C(=O)O)cc(OCCOCCOCCOC)c1OCCOCCOCCOC. The average molecular weight is 1230 g/mol. The number of hydrogen-bond acceptors (Lipinski definition) is 26. The van der Waals surface area contributed by atoms with E-state index in [4.69, 9.17) is 114 Å². The maximum Gasteiger partial charge on any atom is 0.335 e. The molecular weight excluding hydrogens is 1130 g/mol. The molecule has 2 rings (SSSR count). The number of methoxy groups -OCH3 is 6. The predicted octanol–water partition coefficient (Wildman–Crippen LogP) is 3.02. The van der Waals surface area contributed by atoms with Crippen LogP contribution in [0, 0.1) is 0 Å². The molecule has 0 radical (unpaired) electrons. The first-order valence-electron chi connectivity index (χ1n) is 28.4. The van der Waals surface area contributed by atoms with E-state index in [0.717, 1.165) is 0 Å². The molecule has 1 aromatic rings. The van der Waals surface area contributed by atoms with Gasteiger partial charge in [0.15, 0.2) is 23.0 Å². The standard InChI is InChI=1S/C29H52O14.C28H48O14/c1-29(43-22-19-40-16-13-37-10-7-34-4)24-25(28(30)31)23-26(41-20-17-38-14-11-35-8-5-32-2)27(29)42-21-18-39-15-12-36-9-6-33-3;1-31-4-7-34-10-13-37-16-19-40-25-22-24(28(29)30)23-26(41-20-17-38-14-11-35-8-5-32-2)27(25)42-21-18-39-15-12-36-9-6-33-3/h23H,5-22,24H2,1-4H3,(H,30,31);22-23H,4-21H2,1-3H3,(H,29,30). The zero-order valence-electron chi connectivity index (χ0n) is 51.4. The van der Waals surface area contributed by atoms with E-state index in [2.05, 4.69) is 0 Å². The summed E-state index contributed by atoms with van der Waals surface area (Å²) in [4.78, 5) is 23.8. The van der Waals surface area contributed by atoms with Crippen LogP contribution < -0.4 is 14.2 Å². The first kappa shape index (κ1) is 78.9. The Bertz CT molecular complexity index is 1750. The van der Waals surface area contributed by atoms with E-state index in [1.165, 1.54) is 18.2 Å². The highest BCUT2D eigenvalue weighted by molar-refractivity contribution is 5.89. The second-order valence-corrected chi connectivity index (χ2v) is 17.6. The highest BCUT2D eigenvalue weighted by Gasteiger charge is 2.41. The van der Waals surface area contributed by atoms with Gasteiger partial charge in [-0.2, -0.15) is 0 Å². The average Bonchev–Trinajstić information content (AvgIpc) is 3.66. The van der Waals surface area contributed by atoms with Crippen molar-refractivity contribution in [3.05, 3.63) is 40.9 Å². The number of aromatic carboxylic acids is 1. The Kier molecular flexibility index (Phi) is 53.5. The van der Waals surface area contributed by atoms with E-state index >= 15 is 0 Å². The van der Waals surface area contributed by atoms with E-state index in [1.807, 2.05) is 0 Å². The van der Waals surface area contributed by atoms with Crippen molar-refractivity contribution in [1.82, 2.24) is 0 Å². The molecule has 1 aliphatic carbocycles. The lowest BCUT2D eigenvalue weighted by Crippen LogP contribution is -2.39. The molecule has 0 aliphatic heterocycles. The van der Waals surface area contributed by atoms with Gasteiger partial charge < -0.3 is 124 Å². The van der Waals surface area contributed by atoms with Gasteiger partial charge in [-0.1, -0.05) is 0 Å². The van der Waals surface area contributed by atoms with Crippen molar-refractivity contribution in [3.63, 3.8) is 0 Å². The topological polar surface area (TPSA) is 296 Å². The van der Waals surface area contributed by atoms with Crippen molar-refractivity contribution in [2.45, 2.75) is 18.9 Å². The fourth-order valence-corrected chi connectivity index (χ4v) is 6.77. The van der Waals surface area contributed by atoms with Crippen molar-refractivity contribution in [1.29, 1.82) is 0 Å². The summed E-state index contributed by atoms with van der Waals surface area (Å²) >= 11 is 0. The highest BCUT2D eigenvalue weighted by atomic mass is 16.6. The predicted molar refractivity (Wildman–Crippen MR) is 305 cm³/mol. The number of rotatable bonds is 62. The third-order valence-electron chi connectivity index (χ3n) is 11.0. The van der Waals surface area contributed by atoms with E-state index in [-0.39, 0.29) is 120 Å². The van der Waals surface area contributed by atoms with E-state index < -0.39 is 17.5 Å². The van der Waals surface area contributed by atoms with Gasteiger partial charge in [0.2, 0.25) is 5.75 Å². The third kappa shape index (κ3) is 43.2. The van der Waals surface area contributed by atoms with Crippen LogP contribution in [0.4, 0.5) is 0 Å². The lowest BCUT2D eigenvalue weighted by Gasteiger charge is -2.36. The monoisotopic (exact) mass is 1230 g/mol. The Morgan fingerprint density at radius 2 is 0.624 bits per heavy atom. The first-order valence-corrected chi connectivity index (χ1v) is 28.4. The Hall–Kier alpha value is -4.12. The molecule has 2 N–H and O–H groups in total. The number of ether oxygens (including phenoxy) is 24. The number of hydrogen-bond donors (Lipinski definition) is 2. The third-order valence-corrected chi connectivity index (χ3v) is 11.0. The minimum atomic E-state index is -1.14. The maximum atomic E-state index is 12.0. The molecular formula is C57H100O28. The molecule has 28 heteroatoms. The molecule has 0 saturated carbocycles. The van der Waals surface area contributed by atoms with Gasteiger partial charge in [0.25, 0.3) is 0 Å². The van der Waals surface area contributed by atoms with Crippen LogP contribution in [0.2, 0.25) is 0 Å². The summed E-state index contributed by atoms with van der Waals surface area (Å²) in [5.74, 6) is -0.890. The van der Waals surface area contributed by atoms with Crippen molar-refractivity contribution in [2.24, 2.45) is 0 Å². The van der Waals surface area contributed by atoms with Gasteiger partial charge in [-0.25, -0.2) is 9.59 Å². The van der Waals surface area contributed by atoms with Gasteiger partial charge in [0, 0.05) is 54.7 Å². The quantitative estimate of drug-likeness (QED) is 0.0886. The van der Waals surface area contributed by atoms with Gasteiger partial charge in [0.1, 0.15) is 38.6 Å². The Labute approximate surface area is 501 Å². The molecule has 0 saturated heterocycles. The number of carbonyl (C=O) groups is 2. The van der Waals surface area contributed by atoms with Crippen LogP contribution in [0.1, 0.15) is 23.7 Å². The Morgan fingerprint density at radius 1 is 0.353 bits per heavy atom. The zero-order valence-corrected chi connectivity index (χ0v) is 51.4. The summed E-state index contributed by atoms with van der Waals surface area (Å²) in [6.07, 6.45) is 1.54. The van der Waals surface area contributed by atoms with Crippen molar-refractivity contribution in [2.75, 3.05) is 281 Å². The lowest BCUT2D eigenvalue weighted by atomic mass is 9.88. The van der Waals surface area contributed by atoms with Crippen LogP contribution in [-0.4, -0.2) is 308 Å². The van der Waals surface area contributed by atoms with E-state index in [1.54, 1.807) is 49.6 Å². The molecule has 496 valence electrons. The van der Waals surface area contributed by atoms with Crippen LogP contribution in [0.15, 0.2) is 35.3 Å². The fraction of sp³-hybridized carbons (Fsp3) is 0.789. The van der Waals surface area contributed by atoms with Crippen LogP contribution in [0.5, 0.6) is 17.2 Å². The van der Waals surface area contributed by atoms with Crippen molar-refractivity contribution >= 4 is 11.9 Å². The van der Waals surface area contributed by atoms with Crippen molar-refractivity contribution in [3.8, 4) is 17.2 Å². The minimum absolute atomic E-state index is 0.0169. The molecule has 1 unspecified atom stereocenters. The second-order valence-electron chi connectivity index (χ2n) is 17.6. The molecule has 0 fully saturated rings. The number of carboxylic acids is 2. The zero-order chi connectivity index (χ0) is 62.0. The number of aliphatic carboxylic acids is 1. The normalized spacial score (nSPS) is 14.0. The molecule has 0 aromatic heterocycles. The van der Waals surface area contributed by atoms with Crippen LogP contribution in [-0.2, 0) is 104 Å². The van der Waals surface area contributed by atoms with Gasteiger partial charge in [-0.3, -0.25) is 0 Å². The molecule has 0 amide bonds. The number of benzene rings is 1. The molecule has 1 aromatic carbocycles.